The highest BCUT2D eigenvalue weighted by Crippen LogP contribution is 2.52. The Kier molecular flexibility index (Phi) is 5.84. The number of hydrogen-bond donors (Lipinski definition) is 0. The molecule has 1 aliphatic carbocycles. The van der Waals surface area contributed by atoms with E-state index in [1.807, 2.05) is 18.2 Å². The van der Waals surface area contributed by atoms with Gasteiger partial charge in [-0.3, -0.25) is 0 Å². The monoisotopic (exact) mass is 520 g/mol. The number of carbonyl (C=O) groups is 2. The number of ether oxygens (including phenoxy) is 2. The summed E-state index contributed by atoms with van der Waals surface area (Å²) in [5, 5.41) is 0. The molecular formula is C33H28O4S. The number of rotatable bonds is 2. The van der Waals surface area contributed by atoms with Crippen LogP contribution in [0.2, 0.25) is 0 Å². The standard InChI is InChI=1S/C33H28O4S/c1-20-10-12-22(13-11-20)24-15-17-26-28(19-24)38(4)27-18-23(21-8-6-5-7-9-21)14-16-25(27)29(26)30-31(34)36-33(2,3)37-32(30)35/h5-6,8,10-19H,4,7,9H2,1-3H3. The van der Waals surface area contributed by atoms with Crippen molar-refractivity contribution in [2.24, 2.45) is 0 Å². The Labute approximate surface area is 225 Å². The number of esters is 2. The van der Waals surface area contributed by atoms with Crippen molar-refractivity contribution in [2.75, 3.05) is 0 Å². The Balaban J connectivity index is 1.59. The number of aryl methyl sites for hydroxylation is 1. The van der Waals surface area contributed by atoms with Crippen molar-refractivity contribution >= 4 is 39.4 Å². The molecule has 0 amide bonds. The van der Waals surface area contributed by atoms with E-state index in [1.165, 1.54) is 11.1 Å². The van der Waals surface area contributed by atoms with E-state index in [9.17, 15) is 9.59 Å². The van der Waals surface area contributed by atoms with Gasteiger partial charge in [0.05, 0.1) is 0 Å². The first-order valence-corrected chi connectivity index (χ1v) is 14.1. The molecule has 3 aromatic carbocycles. The third-order valence-electron chi connectivity index (χ3n) is 7.14. The van der Waals surface area contributed by atoms with E-state index in [-0.39, 0.29) is 5.57 Å². The lowest BCUT2D eigenvalue weighted by Gasteiger charge is -2.33. The Bertz CT molecular complexity index is 1610. The number of cyclic esters (lactones) is 2. The molecule has 2 aliphatic heterocycles. The molecule has 0 aromatic heterocycles. The fourth-order valence-electron chi connectivity index (χ4n) is 5.22. The minimum atomic E-state index is -1.31. The summed E-state index contributed by atoms with van der Waals surface area (Å²) in [5.74, 6) is 1.94. The molecule has 0 radical (unpaired) electrons. The van der Waals surface area contributed by atoms with Gasteiger partial charge in [0.2, 0.25) is 0 Å². The second-order valence-electron chi connectivity index (χ2n) is 10.3. The van der Waals surface area contributed by atoms with E-state index >= 15 is 0 Å². The predicted molar refractivity (Wildman–Crippen MR) is 153 cm³/mol. The fourth-order valence-corrected chi connectivity index (χ4v) is 6.87. The van der Waals surface area contributed by atoms with Crippen LogP contribution in [0.5, 0.6) is 0 Å². The summed E-state index contributed by atoms with van der Waals surface area (Å²) in [7, 11) is -0.540. The smallest absolute Gasteiger partial charge is 0.349 e. The zero-order valence-corrected chi connectivity index (χ0v) is 22.5. The number of allylic oxidation sites excluding steroid dienone is 4. The summed E-state index contributed by atoms with van der Waals surface area (Å²) >= 11 is 0. The zero-order valence-electron chi connectivity index (χ0n) is 21.7. The van der Waals surface area contributed by atoms with Crippen LogP contribution in [0.1, 0.15) is 48.9 Å². The van der Waals surface area contributed by atoms with E-state index in [1.54, 1.807) is 13.8 Å². The molecular weight excluding hydrogens is 492 g/mol. The molecule has 1 atom stereocenters. The Morgan fingerprint density at radius 1 is 0.789 bits per heavy atom. The van der Waals surface area contributed by atoms with Crippen molar-refractivity contribution in [3.05, 3.63) is 107 Å². The first-order valence-electron chi connectivity index (χ1n) is 12.7. The lowest BCUT2D eigenvalue weighted by atomic mass is 9.88. The normalized spacial score (nSPS) is 19.8. The van der Waals surface area contributed by atoms with Crippen LogP contribution in [0.15, 0.2) is 94.3 Å². The van der Waals surface area contributed by atoms with Crippen LogP contribution in [0.25, 0.3) is 22.3 Å². The van der Waals surface area contributed by atoms with Crippen LogP contribution < -0.4 is 0 Å². The summed E-state index contributed by atoms with van der Waals surface area (Å²) in [6, 6.07) is 20.8. The molecule has 6 rings (SSSR count). The quantitative estimate of drug-likeness (QED) is 0.119. The first-order chi connectivity index (χ1) is 18.2. The molecule has 0 bridgehead atoms. The van der Waals surface area contributed by atoms with Gasteiger partial charge in [0, 0.05) is 29.2 Å². The zero-order chi connectivity index (χ0) is 26.6. The molecule has 0 spiro atoms. The Hall–Kier alpha value is -3.96. The highest BCUT2D eigenvalue weighted by molar-refractivity contribution is 8.14. The third-order valence-corrected chi connectivity index (χ3v) is 8.87. The average molecular weight is 521 g/mol. The summed E-state index contributed by atoms with van der Waals surface area (Å²) in [4.78, 5) is 28.5. The van der Waals surface area contributed by atoms with Gasteiger partial charge in [-0.1, -0.05) is 78.2 Å². The third kappa shape index (κ3) is 4.17. The van der Waals surface area contributed by atoms with E-state index in [4.69, 9.17) is 9.47 Å². The highest BCUT2D eigenvalue weighted by Gasteiger charge is 2.42. The Morgan fingerprint density at radius 2 is 1.37 bits per heavy atom. The predicted octanol–water partition coefficient (Wildman–Crippen LogP) is 7.47. The van der Waals surface area contributed by atoms with Gasteiger partial charge < -0.3 is 9.47 Å². The summed E-state index contributed by atoms with van der Waals surface area (Å²) < 4.78 is 11.0. The molecule has 3 aliphatic rings. The van der Waals surface area contributed by atoms with E-state index in [2.05, 4.69) is 73.5 Å². The topological polar surface area (TPSA) is 52.6 Å². The van der Waals surface area contributed by atoms with Crippen LogP contribution in [0, 0.1) is 6.92 Å². The summed E-state index contributed by atoms with van der Waals surface area (Å²) in [6.07, 6.45) is 8.38. The van der Waals surface area contributed by atoms with Gasteiger partial charge in [0.25, 0.3) is 5.79 Å². The van der Waals surface area contributed by atoms with E-state index < -0.39 is 28.2 Å². The molecule has 1 saturated heterocycles. The van der Waals surface area contributed by atoms with Gasteiger partial charge in [-0.15, -0.1) is 10.5 Å². The van der Waals surface area contributed by atoms with Gasteiger partial charge in [0.15, 0.2) is 5.57 Å². The van der Waals surface area contributed by atoms with Gasteiger partial charge in [-0.05, 0) is 65.3 Å². The summed E-state index contributed by atoms with van der Waals surface area (Å²) in [5.41, 5.74) is 7.85. The molecule has 190 valence electrons. The van der Waals surface area contributed by atoms with E-state index in [0.717, 1.165) is 50.4 Å². The van der Waals surface area contributed by atoms with Gasteiger partial charge in [-0.2, -0.15) is 0 Å². The second-order valence-corrected chi connectivity index (χ2v) is 11.9. The largest absolute Gasteiger partial charge is 0.419 e. The van der Waals surface area contributed by atoms with Crippen molar-refractivity contribution in [3.63, 3.8) is 0 Å². The lowest BCUT2D eigenvalue weighted by molar-refractivity contribution is -0.222. The van der Waals surface area contributed by atoms with Crippen LogP contribution in [0.3, 0.4) is 0 Å². The van der Waals surface area contributed by atoms with Gasteiger partial charge >= 0.3 is 11.9 Å². The maximum Gasteiger partial charge on any atom is 0.349 e. The minimum absolute atomic E-state index is 0.0702. The first kappa shape index (κ1) is 24.4. The van der Waals surface area contributed by atoms with Crippen molar-refractivity contribution in [2.45, 2.75) is 49.2 Å². The maximum atomic E-state index is 13.2. The molecule has 2 heterocycles. The van der Waals surface area contributed by atoms with Gasteiger partial charge in [-0.25, -0.2) is 9.59 Å². The molecule has 0 N–H and O–H groups in total. The molecule has 0 saturated carbocycles. The molecule has 1 fully saturated rings. The SMILES string of the molecule is C=S1c2cc(C3=CC=CCC3)ccc2C(=C2C(=O)OC(C)(C)OC2=O)c2ccc(-c3ccc(C)cc3)cc21. The average Bonchev–Trinajstić information content (AvgIpc) is 2.90. The van der Waals surface area contributed by atoms with Crippen LogP contribution in [0.4, 0.5) is 0 Å². The lowest BCUT2D eigenvalue weighted by Crippen LogP contribution is -2.42. The van der Waals surface area contributed by atoms with Crippen LogP contribution in [-0.4, -0.2) is 23.6 Å². The molecule has 4 nitrogen and oxygen atoms in total. The van der Waals surface area contributed by atoms with Crippen molar-refractivity contribution in [1.82, 2.24) is 0 Å². The van der Waals surface area contributed by atoms with Crippen molar-refractivity contribution in [1.29, 1.82) is 0 Å². The fraction of sp³-hybridized carbons (Fsp3) is 0.182. The summed E-state index contributed by atoms with van der Waals surface area (Å²) in [6.45, 7) is 5.19. The maximum absolute atomic E-state index is 13.2. The van der Waals surface area contributed by atoms with E-state index in [0.29, 0.717) is 5.57 Å². The number of hydrogen-bond acceptors (Lipinski definition) is 4. The minimum Gasteiger partial charge on any atom is -0.419 e. The van der Waals surface area contributed by atoms with Crippen molar-refractivity contribution < 1.29 is 19.1 Å². The molecule has 38 heavy (non-hydrogen) atoms. The number of carbonyl (C=O) groups excluding carboxylic acids is 2. The van der Waals surface area contributed by atoms with Crippen LogP contribution >= 0.6 is 10.5 Å². The Morgan fingerprint density at radius 3 is 1.97 bits per heavy atom. The van der Waals surface area contributed by atoms with Crippen molar-refractivity contribution in [3.8, 4) is 11.1 Å². The molecule has 5 heteroatoms. The second kappa shape index (κ2) is 9.10. The van der Waals surface area contributed by atoms with Gasteiger partial charge in [0.1, 0.15) is 0 Å². The number of fused-ring (bicyclic) bond motifs is 2. The molecule has 1 unspecified atom stereocenters. The molecule has 3 aromatic rings. The number of benzene rings is 3. The highest BCUT2D eigenvalue weighted by atomic mass is 32.2. The van der Waals surface area contributed by atoms with Crippen LogP contribution in [-0.2, 0) is 19.1 Å².